The summed E-state index contributed by atoms with van der Waals surface area (Å²) in [5, 5.41) is 13.6. The Morgan fingerprint density at radius 3 is 2.59 bits per heavy atom. The van der Waals surface area contributed by atoms with Crippen LogP contribution in [-0.2, 0) is 20.9 Å². The molecule has 0 saturated heterocycles. The molecule has 1 heterocycles. The highest BCUT2D eigenvalue weighted by Gasteiger charge is 2.43. The molecule has 2 N–H and O–H groups in total. The summed E-state index contributed by atoms with van der Waals surface area (Å²) in [7, 11) is 0. The lowest BCUT2D eigenvalue weighted by Gasteiger charge is -2.39. The fourth-order valence-electron chi connectivity index (χ4n) is 4.82. The van der Waals surface area contributed by atoms with Crippen LogP contribution in [0.15, 0.2) is 71.1 Å². The maximum absolute atomic E-state index is 13.4. The van der Waals surface area contributed by atoms with Gasteiger partial charge in [0.25, 0.3) is 0 Å². The van der Waals surface area contributed by atoms with Gasteiger partial charge in [-0.3, -0.25) is 4.79 Å². The molecule has 34 heavy (non-hydrogen) atoms. The van der Waals surface area contributed by atoms with Crippen LogP contribution in [0.2, 0.25) is 0 Å². The fraction of sp³-hybridized carbons (Fsp3) is 0.357. The van der Waals surface area contributed by atoms with Crippen molar-refractivity contribution in [2.75, 3.05) is 6.61 Å². The van der Waals surface area contributed by atoms with Gasteiger partial charge in [-0.25, -0.2) is 4.79 Å². The van der Waals surface area contributed by atoms with Crippen LogP contribution in [0.4, 0.5) is 0 Å². The maximum Gasteiger partial charge on any atom is 0.337 e. The molecule has 6 heteroatoms. The maximum atomic E-state index is 13.4. The van der Waals surface area contributed by atoms with Crippen molar-refractivity contribution >= 4 is 11.8 Å². The van der Waals surface area contributed by atoms with E-state index in [1.54, 1.807) is 18.2 Å². The number of hydrogen-bond acceptors (Lipinski definition) is 6. The molecule has 6 nitrogen and oxygen atoms in total. The number of ketones is 1. The number of carbonyl (C=O) groups is 2. The van der Waals surface area contributed by atoms with Crippen molar-refractivity contribution in [2.24, 2.45) is 5.41 Å². The van der Waals surface area contributed by atoms with Crippen LogP contribution >= 0.6 is 0 Å². The van der Waals surface area contributed by atoms with Crippen LogP contribution in [0.5, 0.6) is 11.5 Å². The van der Waals surface area contributed by atoms with E-state index in [-0.39, 0.29) is 23.6 Å². The van der Waals surface area contributed by atoms with Gasteiger partial charge in [0.2, 0.25) is 0 Å². The van der Waals surface area contributed by atoms with Gasteiger partial charge in [0, 0.05) is 29.3 Å². The molecule has 0 saturated carbocycles. The molecule has 1 aliphatic heterocycles. The smallest absolute Gasteiger partial charge is 0.337 e. The second-order valence-corrected chi connectivity index (χ2v) is 9.65. The van der Waals surface area contributed by atoms with Crippen LogP contribution in [0.25, 0.3) is 0 Å². The Kier molecular flexibility index (Phi) is 6.51. The van der Waals surface area contributed by atoms with Gasteiger partial charge in [-0.2, -0.15) is 0 Å². The molecule has 0 fully saturated rings. The Morgan fingerprint density at radius 2 is 1.88 bits per heavy atom. The zero-order valence-corrected chi connectivity index (χ0v) is 20.1. The molecule has 2 aliphatic rings. The average molecular weight is 462 g/mol. The fourth-order valence-corrected chi connectivity index (χ4v) is 4.82. The second kappa shape index (κ2) is 9.37. The lowest BCUT2D eigenvalue weighted by Crippen LogP contribution is -2.38. The number of Topliss-reactive ketones (excluding diaryl/α,β-unsaturated/α-hetero) is 1. The van der Waals surface area contributed by atoms with E-state index in [1.807, 2.05) is 44.2 Å². The van der Waals surface area contributed by atoms with E-state index < -0.39 is 11.9 Å². The average Bonchev–Trinajstić information content (AvgIpc) is 2.78. The molecule has 2 aromatic carbocycles. The lowest BCUT2D eigenvalue weighted by molar-refractivity contribution is -0.140. The largest absolute Gasteiger partial charge is 0.504 e. The highest BCUT2D eigenvalue weighted by Crippen LogP contribution is 2.47. The zero-order chi connectivity index (χ0) is 24.5. The zero-order valence-electron chi connectivity index (χ0n) is 20.1. The van der Waals surface area contributed by atoms with Gasteiger partial charge in [-0.05, 0) is 48.9 Å². The van der Waals surface area contributed by atoms with Crippen LogP contribution in [0, 0.1) is 5.41 Å². The first kappa shape index (κ1) is 23.6. The number of phenols is 1. The third-order valence-corrected chi connectivity index (χ3v) is 6.29. The number of ether oxygens (including phenoxy) is 2. The highest BCUT2D eigenvalue weighted by molar-refractivity contribution is 6.04. The Labute approximate surface area is 200 Å². The number of esters is 1. The summed E-state index contributed by atoms with van der Waals surface area (Å²) in [4.78, 5) is 26.8. The summed E-state index contributed by atoms with van der Waals surface area (Å²) < 4.78 is 11.3. The number of benzene rings is 2. The number of hydrogen-bond donors (Lipinski definition) is 2. The third kappa shape index (κ3) is 4.72. The Balaban J connectivity index is 1.77. The molecular weight excluding hydrogens is 430 g/mol. The molecular formula is C28H31NO5. The van der Waals surface area contributed by atoms with Crippen molar-refractivity contribution in [3.05, 3.63) is 82.2 Å². The number of allylic oxidation sites excluding steroid dienone is 3. The Bertz CT molecular complexity index is 1180. The number of rotatable bonds is 6. The summed E-state index contributed by atoms with van der Waals surface area (Å²) in [6.45, 7) is 8.33. The Hall–Kier alpha value is -3.54. The molecule has 1 atom stereocenters. The molecule has 178 valence electrons. The van der Waals surface area contributed by atoms with Gasteiger partial charge in [0.1, 0.15) is 6.61 Å². The predicted molar refractivity (Wildman–Crippen MR) is 129 cm³/mol. The van der Waals surface area contributed by atoms with E-state index >= 15 is 0 Å². The number of phenolic OH excluding ortho intramolecular Hbond substituents is 1. The first-order valence-electron chi connectivity index (χ1n) is 11.6. The number of aromatic hydroxyl groups is 1. The van der Waals surface area contributed by atoms with Crippen molar-refractivity contribution in [3.63, 3.8) is 0 Å². The van der Waals surface area contributed by atoms with Crippen molar-refractivity contribution in [2.45, 2.75) is 53.1 Å². The van der Waals surface area contributed by atoms with Gasteiger partial charge in [-0.15, -0.1) is 0 Å². The van der Waals surface area contributed by atoms with Crippen molar-refractivity contribution in [1.29, 1.82) is 0 Å². The van der Waals surface area contributed by atoms with Crippen LogP contribution in [0.3, 0.4) is 0 Å². The van der Waals surface area contributed by atoms with Crippen LogP contribution < -0.4 is 10.1 Å². The van der Waals surface area contributed by atoms with Gasteiger partial charge < -0.3 is 19.9 Å². The summed E-state index contributed by atoms with van der Waals surface area (Å²) in [5.74, 6) is -0.745. The summed E-state index contributed by atoms with van der Waals surface area (Å²) in [6.07, 6.45) is 1.09. The summed E-state index contributed by atoms with van der Waals surface area (Å²) in [5.41, 5.74) is 3.90. The Morgan fingerprint density at radius 1 is 1.15 bits per heavy atom. The number of carbonyl (C=O) groups excluding carboxylic acids is 2. The van der Waals surface area contributed by atoms with E-state index in [1.165, 1.54) is 0 Å². The van der Waals surface area contributed by atoms with Gasteiger partial charge >= 0.3 is 5.97 Å². The monoisotopic (exact) mass is 461 g/mol. The van der Waals surface area contributed by atoms with Crippen molar-refractivity contribution < 1.29 is 24.2 Å². The topological polar surface area (TPSA) is 84.9 Å². The van der Waals surface area contributed by atoms with E-state index in [0.29, 0.717) is 47.6 Å². The third-order valence-electron chi connectivity index (χ3n) is 6.29. The van der Waals surface area contributed by atoms with E-state index in [0.717, 1.165) is 11.3 Å². The van der Waals surface area contributed by atoms with Gasteiger partial charge in [0.15, 0.2) is 17.3 Å². The SMILES string of the molecule is CCOc1cc([C@H]2C(C(=O)OCc3ccccc3)=C(C)NC3=C2C(=O)CC(C)(C)C3)ccc1O. The lowest BCUT2D eigenvalue weighted by atomic mass is 9.68. The van der Waals surface area contributed by atoms with Crippen LogP contribution in [-0.4, -0.2) is 23.5 Å². The molecule has 0 radical (unpaired) electrons. The minimum atomic E-state index is -0.608. The molecule has 4 rings (SSSR count). The van der Waals surface area contributed by atoms with Crippen molar-refractivity contribution in [3.8, 4) is 11.5 Å². The number of dihydropyridines is 1. The van der Waals surface area contributed by atoms with Crippen molar-refractivity contribution in [1.82, 2.24) is 5.32 Å². The predicted octanol–water partition coefficient (Wildman–Crippen LogP) is 5.14. The van der Waals surface area contributed by atoms with E-state index in [4.69, 9.17) is 9.47 Å². The molecule has 0 spiro atoms. The minimum Gasteiger partial charge on any atom is -0.504 e. The second-order valence-electron chi connectivity index (χ2n) is 9.65. The van der Waals surface area contributed by atoms with Gasteiger partial charge in [0.05, 0.1) is 12.2 Å². The van der Waals surface area contributed by atoms with E-state index in [2.05, 4.69) is 19.2 Å². The van der Waals surface area contributed by atoms with E-state index in [9.17, 15) is 14.7 Å². The van der Waals surface area contributed by atoms with Gasteiger partial charge in [-0.1, -0.05) is 50.2 Å². The molecule has 2 aromatic rings. The molecule has 0 aromatic heterocycles. The first-order chi connectivity index (χ1) is 16.2. The summed E-state index contributed by atoms with van der Waals surface area (Å²) >= 11 is 0. The molecule has 0 bridgehead atoms. The number of nitrogens with one attached hydrogen (secondary N) is 1. The standard InChI is InChI=1S/C28H31NO5/c1-5-33-23-13-19(11-12-21(23)30)25-24(27(32)34-16-18-9-7-6-8-10-18)17(2)29-20-14-28(3,4)15-22(31)26(20)25/h6-13,25,29-30H,5,14-16H2,1-4H3/t25-/m0/s1. The molecule has 0 unspecified atom stereocenters. The molecule has 1 aliphatic carbocycles. The molecule has 0 amide bonds. The first-order valence-corrected chi connectivity index (χ1v) is 11.6. The minimum absolute atomic E-state index is 0.00986. The van der Waals surface area contributed by atoms with Crippen LogP contribution in [0.1, 0.15) is 57.6 Å². The highest BCUT2D eigenvalue weighted by atomic mass is 16.5. The quantitative estimate of drug-likeness (QED) is 0.580. The normalized spacial score (nSPS) is 19.4. The summed E-state index contributed by atoms with van der Waals surface area (Å²) in [6, 6.07) is 14.5.